The molecule has 2 aromatic carbocycles. The molecule has 144 valence electrons. The summed E-state index contributed by atoms with van der Waals surface area (Å²) in [7, 11) is 1.41. The molecule has 0 heterocycles. The number of methoxy groups -OCH3 is 1. The van der Waals surface area contributed by atoms with Crippen LogP contribution in [0.15, 0.2) is 34.8 Å². The molecule has 0 spiro atoms. The van der Waals surface area contributed by atoms with Gasteiger partial charge >= 0.3 is 0 Å². The van der Waals surface area contributed by atoms with Crippen LogP contribution in [0.2, 0.25) is 10.0 Å². The molecule has 0 atom stereocenters. The molecular formula is C18H14BrCl2F2NO3. The van der Waals surface area contributed by atoms with Gasteiger partial charge in [-0.2, -0.15) is 0 Å². The van der Waals surface area contributed by atoms with Gasteiger partial charge in [0.1, 0.15) is 11.5 Å². The second-order valence-electron chi connectivity index (χ2n) is 6.10. The summed E-state index contributed by atoms with van der Waals surface area (Å²) in [5.41, 5.74) is 0.162. The number of ether oxygens (including phenoxy) is 2. The monoisotopic (exact) mass is 479 g/mol. The third-order valence-electron chi connectivity index (χ3n) is 4.02. The number of amides is 1. The van der Waals surface area contributed by atoms with E-state index in [9.17, 15) is 13.6 Å². The normalized spacial score (nSPS) is 15.8. The lowest BCUT2D eigenvalue weighted by Crippen LogP contribution is -2.50. The predicted octanol–water partition coefficient (Wildman–Crippen LogP) is 6.08. The second kappa shape index (κ2) is 7.81. The van der Waals surface area contributed by atoms with Gasteiger partial charge in [-0.15, -0.1) is 0 Å². The molecule has 27 heavy (non-hydrogen) atoms. The summed E-state index contributed by atoms with van der Waals surface area (Å²) in [5, 5.41) is 3.14. The maximum absolute atomic E-state index is 13.0. The van der Waals surface area contributed by atoms with Crippen LogP contribution in [0, 0.1) is 0 Å². The van der Waals surface area contributed by atoms with Crippen LogP contribution in [0.25, 0.3) is 0 Å². The van der Waals surface area contributed by atoms with Crippen molar-refractivity contribution in [2.24, 2.45) is 0 Å². The highest BCUT2D eigenvalue weighted by molar-refractivity contribution is 9.10. The summed E-state index contributed by atoms with van der Waals surface area (Å²) in [6, 6.07) is 7.24. The summed E-state index contributed by atoms with van der Waals surface area (Å²) in [6.07, 6.45) is -0.747. The van der Waals surface area contributed by atoms with E-state index >= 15 is 0 Å². The zero-order valence-corrected chi connectivity index (χ0v) is 17.1. The molecule has 1 aliphatic rings. The first kappa shape index (κ1) is 20.2. The van der Waals surface area contributed by atoms with Gasteiger partial charge < -0.3 is 14.8 Å². The van der Waals surface area contributed by atoms with Crippen molar-refractivity contribution in [1.29, 1.82) is 0 Å². The van der Waals surface area contributed by atoms with Gasteiger partial charge in [-0.1, -0.05) is 39.1 Å². The number of nitrogens with one attached hydrogen (secondary N) is 1. The molecule has 0 aromatic heterocycles. The van der Waals surface area contributed by atoms with Crippen molar-refractivity contribution in [1.82, 2.24) is 5.32 Å². The number of halogens is 5. The lowest BCUT2D eigenvalue weighted by molar-refractivity contribution is -0.0901. The Labute approximate surface area is 172 Å². The Morgan fingerprint density at radius 2 is 1.85 bits per heavy atom. The fraction of sp³-hybridized carbons (Fsp3) is 0.278. The van der Waals surface area contributed by atoms with Gasteiger partial charge in [0.2, 0.25) is 0 Å². The van der Waals surface area contributed by atoms with E-state index in [0.29, 0.717) is 16.0 Å². The van der Waals surface area contributed by atoms with Gasteiger partial charge in [0.05, 0.1) is 22.7 Å². The first-order valence-electron chi connectivity index (χ1n) is 7.87. The van der Waals surface area contributed by atoms with E-state index in [-0.39, 0.29) is 34.2 Å². The summed E-state index contributed by atoms with van der Waals surface area (Å²) in [4.78, 5) is 12.5. The molecule has 0 bridgehead atoms. The molecule has 1 N–H and O–H groups in total. The first-order chi connectivity index (χ1) is 12.7. The van der Waals surface area contributed by atoms with Crippen molar-refractivity contribution < 1.29 is 23.0 Å². The van der Waals surface area contributed by atoms with Crippen molar-refractivity contribution in [3.8, 4) is 17.2 Å². The molecule has 1 amide bonds. The molecular weight excluding hydrogens is 467 g/mol. The predicted molar refractivity (Wildman–Crippen MR) is 103 cm³/mol. The van der Waals surface area contributed by atoms with E-state index in [1.807, 2.05) is 0 Å². The molecule has 0 unspecified atom stereocenters. The number of hydrogen-bond donors (Lipinski definition) is 1. The van der Waals surface area contributed by atoms with Crippen molar-refractivity contribution in [3.63, 3.8) is 0 Å². The highest BCUT2D eigenvalue weighted by atomic mass is 79.9. The van der Waals surface area contributed by atoms with Crippen LogP contribution >= 0.6 is 39.1 Å². The Hall–Kier alpha value is -1.57. The Balaban J connectivity index is 1.82. The molecule has 2 aromatic rings. The van der Waals surface area contributed by atoms with Crippen LogP contribution in [0.5, 0.6) is 17.2 Å². The third kappa shape index (κ3) is 4.65. The van der Waals surface area contributed by atoms with Crippen molar-refractivity contribution >= 4 is 45.0 Å². The molecule has 0 aliphatic heterocycles. The molecule has 0 saturated heterocycles. The number of benzene rings is 2. The maximum atomic E-state index is 13.0. The van der Waals surface area contributed by atoms with Crippen molar-refractivity contribution in [3.05, 3.63) is 50.4 Å². The standard InChI is InChI=1S/C18H14BrCl2F2NO3/c1-26-15-3-2-11(27-16-13(20)4-9(19)5-14(16)21)6-12(15)17(25)24-10-7-18(22,23)8-10/h2-6,10H,7-8H2,1H3,(H,24,25). The zero-order valence-electron chi connectivity index (χ0n) is 14.0. The summed E-state index contributed by atoms with van der Waals surface area (Å²) in [6.45, 7) is 0. The number of carbonyl (C=O) groups is 1. The van der Waals surface area contributed by atoms with Gasteiger partial charge in [0.25, 0.3) is 11.8 Å². The molecule has 9 heteroatoms. The third-order valence-corrected chi connectivity index (χ3v) is 5.04. The lowest BCUT2D eigenvalue weighted by Gasteiger charge is -2.35. The number of hydrogen-bond acceptors (Lipinski definition) is 3. The van der Waals surface area contributed by atoms with Gasteiger partial charge in [0, 0.05) is 23.4 Å². The molecule has 1 saturated carbocycles. The quantitative estimate of drug-likeness (QED) is 0.563. The molecule has 3 rings (SSSR count). The maximum Gasteiger partial charge on any atom is 0.255 e. The zero-order chi connectivity index (χ0) is 19.8. The summed E-state index contributed by atoms with van der Waals surface area (Å²) < 4.78 is 37.5. The summed E-state index contributed by atoms with van der Waals surface area (Å²) in [5.74, 6) is -2.42. The Morgan fingerprint density at radius 3 is 2.41 bits per heavy atom. The number of alkyl halides is 2. The SMILES string of the molecule is COc1ccc(Oc2c(Cl)cc(Br)cc2Cl)cc1C(=O)NC1CC(F)(F)C1. The topological polar surface area (TPSA) is 47.6 Å². The molecule has 1 fully saturated rings. The fourth-order valence-corrected chi connectivity index (χ4v) is 3.98. The van der Waals surface area contributed by atoms with E-state index < -0.39 is 17.9 Å². The van der Waals surface area contributed by atoms with Crippen LogP contribution in [0.1, 0.15) is 23.2 Å². The van der Waals surface area contributed by atoms with E-state index in [0.717, 1.165) is 0 Å². The Bertz CT molecular complexity index is 864. The van der Waals surface area contributed by atoms with E-state index in [1.54, 1.807) is 24.3 Å². The van der Waals surface area contributed by atoms with Crippen LogP contribution in [0.4, 0.5) is 8.78 Å². The number of carbonyl (C=O) groups excluding carboxylic acids is 1. The van der Waals surface area contributed by atoms with E-state index in [4.69, 9.17) is 32.7 Å². The molecule has 1 aliphatic carbocycles. The van der Waals surface area contributed by atoms with Crippen LogP contribution in [-0.4, -0.2) is 25.0 Å². The van der Waals surface area contributed by atoms with Crippen LogP contribution in [-0.2, 0) is 0 Å². The minimum Gasteiger partial charge on any atom is -0.496 e. The Kier molecular flexibility index (Phi) is 5.84. The Morgan fingerprint density at radius 1 is 1.22 bits per heavy atom. The van der Waals surface area contributed by atoms with Crippen LogP contribution < -0.4 is 14.8 Å². The average molecular weight is 481 g/mol. The smallest absolute Gasteiger partial charge is 0.255 e. The summed E-state index contributed by atoms with van der Waals surface area (Å²) >= 11 is 15.6. The van der Waals surface area contributed by atoms with Crippen molar-refractivity contribution in [2.75, 3.05) is 7.11 Å². The molecule has 0 radical (unpaired) electrons. The van der Waals surface area contributed by atoms with E-state index in [1.165, 1.54) is 13.2 Å². The second-order valence-corrected chi connectivity index (χ2v) is 7.83. The minimum absolute atomic E-state index is 0.162. The highest BCUT2D eigenvalue weighted by Gasteiger charge is 2.46. The number of rotatable bonds is 5. The van der Waals surface area contributed by atoms with Gasteiger partial charge in [-0.25, -0.2) is 8.78 Å². The minimum atomic E-state index is -2.72. The lowest BCUT2D eigenvalue weighted by atomic mass is 9.88. The largest absolute Gasteiger partial charge is 0.496 e. The van der Waals surface area contributed by atoms with E-state index in [2.05, 4.69) is 21.2 Å². The first-order valence-corrected chi connectivity index (χ1v) is 9.42. The van der Waals surface area contributed by atoms with Gasteiger partial charge in [-0.05, 0) is 30.3 Å². The molecule has 4 nitrogen and oxygen atoms in total. The average Bonchev–Trinajstić information content (AvgIpc) is 2.56. The van der Waals surface area contributed by atoms with Gasteiger partial charge in [0.15, 0.2) is 5.75 Å². The van der Waals surface area contributed by atoms with Crippen LogP contribution in [0.3, 0.4) is 0 Å². The fourth-order valence-electron chi connectivity index (χ4n) is 2.70. The van der Waals surface area contributed by atoms with Crippen molar-refractivity contribution in [2.45, 2.75) is 24.8 Å². The van der Waals surface area contributed by atoms with Gasteiger partial charge in [-0.3, -0.25) is 4.79 Å². The highest BCUT2D eigenvalue weighted by Crippen LogP contribution is 2.40.